The number of aromatic nitrogens is 1. The maximum atomic E-state index is 11.2. The number of likely N-dealkylation sites (tertiary alicyclic amines) is 1. The van der Waals surface area contributed by atoms with Crippen LogP contribution < -0.4 is 5.32 Å². The van der Waals surface area contributed by atoms with Crippen LogP contribution >= 0.6 is 0 Å². The first-order chi connectivity index (χ1) is 10.0. The third-order valence-electron chi connectivity index (χ3n) is 4.30. The minimum absolute atomic E-state index is 0.210. The first-order valence-corrected chi connectivity index (χ1v) is 7.52. The average molecular weight is 292 g/mol. The van der Waals surface area contributed by atoms with Gasteiger partial charge in [-0.15, -0.1) is 0 Å². The minimum atomic E-state index is -0.295. The Hall–Kier alpha value is -1.53. The fraction of sp³-hybridized carbons (Fsp3) is 0.667. The highest BCUT2D eigenvalue weighted by Gasteiger charge is 2.25. The predicted molar refractivity (Wildman–Crippen MR) is 82.3 cm³/mol. The molecule has 0 spiro atoms. The quantitative estimate of drug-likeness (QED) is 0.665. The van der Waals surface area contributed by atoms with Crippen molar-refractivity contribution in [3.63, 3.8) is 0 Å². The number of hydrogen-bond acceptors (Lipinski definition) is 5. The summed E-state index contributed by atoms with van der Waals surface area (Å²) in [5.41, 5.74) is 2.37. The van der Waals surface area contributed by atoms with Crippen LogP contribution in [-0.4, -0.2) is 41.0 Å². The molecule has 2 rings (SSSR count). The standard InChI is InChI=1S/C15H24N4O2/c1-11-8-17-14(12(2)15(11)19(20)21)10-18-7-5-4-6-13(18)9-16-3/h8,13,16H,4-7,9-10H2,1-3H3. The van der Waals surface area contributed by atoms with Crippen molar-refractivity contribution >= 4 is 5.69 Å². The predicted octanol–water partition coefficient (Wildman–Crippen LogP) is 2.18. The van der Waals surface area contributed by atoms with E-state index in [4.69, 9.17) is 0 Å². The van der Waals surface area contributed by atoms with E-state index < -0.39 is 0 Å². The van der Waals surface area contributed by atoms with Gasteiger partial charge in [0.05, 0.1) is 10.6 Å². The summed E-state index contributed by atoms with van der Waals surface area (Å²) in [6.07, 6.45) is 5.24. The average Bonchev–Trinajstić information content (AvgIpc) is 2.44. The largest absolute Gasteiger partial charge is 0.318 e. The van der Waals surface area contributed by atoms with Crippen molar-refractivity contribution in [2.24, 2.45) is 0 Å². The van der Waals surface area contributed by atoms with Crippen LogP contribution in [0.25, 0.3) is 0 Å². The van der Waals surface area contributed by atoms with E-state index in [0.717, 1.165) is 18.8 Å². The lowest BCUT2D eigenvalue weighted by atomic mass is 10.0. The summed E-state index contributed by atoms with van der Waals surface area (Å²) in [4.78, 5) is 17.8. The molecule has 1 atom stereocenters. The number of likely N-dealkylation sites (N-methyl/N-ethyl adjacent to an activating group) is 1. The van der Waals surface area contributed by atoms with E-state index in [1.54, 1.807) is 13.1 Å². The van der Waals surface area contributed by atoms with Crippen molar-refractivity contribution in [2.45, 2.75) is 45.7 Å². The van der Waals surface area contributed by atoms with Crippen LogP contribution in [0.15, 0.2) is 6.20 Å². The molecular weight excluding hydrogens is 268 g/mol. The van der Waals surface area contributed by atoms with Crippen LogP contribution in [0, 0.1) is 24.0 Å². The lowest BCUT2D eigenvalue weighted by Gasteiger charge is -2.35. The van der Waals surface area contributed by atoms with Crippen molar-refractivity contribution in [1.29, 1.82) is 0 Å². The number of nitro groups is 1. The number of hydrogen-bond donors (Lipinski definition) is 1. The Labute approximate surface area is 125 Å². The molecular formula is C15H24N4O2. The Morgan fingerprint density at radius 2 is 2.24 bits per heavy atom. The van der Waals surface area contributed by atoms with Gasteiger partial charge in [-0.05, 0) is 40.3 Å². The molecule has 0 bridgehead atoms. The van der Waals surface area contributed by atoms with Crippen molar-refractivity contribution in [3.05, 3.63) is 33.1 Å². The number of pyridine rings is 1. The molecule has 116 valence electrons. The summed E-state index contributed by atoms with van der Waals surface area (Å²) < 4.78 is 0. The first-order valence-electron chi connectivity index (χ1n) is 7.52. The molecule has 0 radical (unpaired) electrons. The maximum absolute atomic E-state index is 11.2. The number of piperidine rings is 1. The fourth-order valence-corrected chi connectivity index (χ4v) is 3.13. The number of aryl methyl sites for hydroxylation is 1. The van der Waals surface area contributed by atoms with E-state index in [9.17, 15) is 10.1 Å². The molecule has 6 heteroatoms. The molecule has 1 aromatic rings. The summed E-state index contributed by atoms with van der Waals surface area (Å²) in [5.74, 6) is 0. The van der Waals surface area contributed by atoms with Crippen molar-refractivity contribution in [2.75, 3.05) is 20.1 Å². The van der Waals surface area contributed by atoms with Crippen molar-refractivity contribution in [1.82, 2.24) is 15.2 Å². The smallest absolute Gasteiger partial charge is 0.278 e. The Morgan fingerprint density at radius 3 is 2.90 bits per heavy atom. The van der Waals surface area contributed by atoms with Crippen molar-refractivity contribution < 1.29 is 4.92 Å². The minimum Gasteiger partial charge on any atom is -0.318 e. The lowest BCUT2D eigenvalue weighted by Crippen LogP contribution is -2.44. The van der Waals surface area contributed by atoms with Crippen LogP contribution in [-0.2, 0) is 6.54 Å². The van der Waals surface area contributed by atoms with Crippen LogP contribution in [0.2, 0.25) is 0 Å². The van der Waals surface area contributed by atoms with Crippen LogP contribution in [0.4, 0.5) is 5.69 Å². The molecule has 0 saturated carbocycles. The molecule has 1 unspecified atom stereocenters. The highest BCUT2D eigenvalue weighted by molar-refractivity contribution is 5.47. The SMILES string of the molecule is CNCC1CCCCN1Cc1ncc(C)c([N+](=O)[O-])c1C. The molecule has 1 aliphatic heterocycles. The molecule has 1 saturated heterocycles. The molecule has 1 fully saturated rings. The van der Waals surface area contributed by atoms with E-state index in [1.807, 2.05) is 14.0 Å². The third-order valence-corrected chi connectivity index (χ3v) is 4.30. The maximum Gasteiger partial charge on any atom is 0.278 e. The highest BCUT2D eigenvalue weighted by Crippen LogP contribution is 2.26. The van der Waals surface area contributed by atoms with Gasteiger partial charge in [-0.1, -0.05) is 6.42 Å². The highest BCUT2D eigenvalue weighted by atomic mass is 16.6. The van der Waals surface area contributed by atoms with E-state index in [-0.39, 0.29) is 10.6 Å². The zero-order valence-corrected chi connectivity index (χ0v) is 13.1. The van der Waals surface area contributed by atoms with Gasteiger partial charge in [-0.3, -0.25) is 20.0 Å². The summed E-state index contributed by atoms with van der Waals surface area (Å²) in [6, 6.07) is 0.491. The lowest BCUT2D eigenvalue weighted by molar-refractivity contribution is -0.386. The van der Waals surface area contributed by atoms with Gasteiger partial charge in [0.15, 0.2) is 0 Å². The second-order valence-electron chi connectivity index (χ2n) is 5.80. The number of nitrogens with zero attached hydrogens (tertiary/aromatic N) is 3. The van der Waals surface area contributed by atoms with Gasteiger partial charge in [0.25, 0.3) is 5.69 Å². The molecule has 6 nitrogen and oxygen atoms in total. The summed E-state index contributed by atoms with van der Waals surface area (Å²) >= 11 is 0. The Morgan fingerprint density at radius 1 is 1.48 bits per heavy atom. The second kappa shape index (κ2) is 6.95. The van der Waals surface area contributed by atoms with E-state index in [0.29, 0.717) is 23.7 Å². The van der Waals surface area contributed by atoms with E-state index >= 15 is 0 Å². The van der Waals surface area contributed by atoms with Crippen LogP contribution in [0.1, 0.15) is 36.1 Å². The van der Waals surface area contributed by atoms with Gasteiger partial charge >= 0.3 is 0 Å². The molecule has 21 heavy (non-hydrogen) atoms. The monoisotopic (exact) mass is 292 g/mol. The van der Waals surface area contributed by atoms with Crippen molar-refractivity contribution in [3.8, 4) is 0 Å². The van der Waals surface area contributed by atoms with Gasteiger partial charge in [-0.25, -0.2) is 0 Å². The number of rotatable bonds is 5. The third kappa shape index (κ3) is 3.57. The topological polar surface area (TPSA) is 71.3 Å². The molecule has 2 heterocycles. The molecule has 1 N–H and O–H groups in total. The summed E-state index contributed by atoms with van der Waals surface area (Å²) in [5, 5.41) is 14.4. The summed E-state index contributed by atoms with van der Waals surface area (Å²) in [6.45, 7) is 6.23. The van der Waals surface area contributed by atoms with Gasteiger partial charge in [-0.2, -0.15) is 0 Å². The van der Waals surface area contributed by atoms with Crippen LogP contribution in [0.3, 0.4) is 0 Å². The fourth-order valence-electron chi connectivity index (χ4n) is 3.13. The second-order valence-corrected chi connectivity index (χ2v) is 5.80. The molecule has 1 aromatic heterocycles. The van der Waals surface area contributed by atoms with Gasteiger partial charge in [0.1, 0.15) is 0 Å². The van der Waals surface area contributed by atoms with Gasteiger partial charge < -0.3 is 5.32 Å². The van der Waals surface area contributed by atoms with Crippen LogP contribution in [0.5, 0.6) is 0 Å². The summed E-state index contributed by atoms with van der Waals surface area (Å²) in [7, 11) is 1.97. The zero-order valence-electron chi connectivity index (χ0n) is 13.1. The van der Waals surface area contributed by atoms with E-state index in [1.165, 1.54) is 19.3 Å². The molecule has 0 aromatic carbocycles. The Balaban J connectivity index is 2.22. The number of nitrogens with one attached hydrogen (secondary N) is 1. The van der Waals surface area contributed by atoms with Gasteiger partial charge in [0.2, 0.25) is 0 Å². The molecule has 0 aliphatic carbocycles. The normalized spacial score (nSPS) is 19.7. The van der Waals surface area contributed by atoms with Gasteiger partial charge in [0, 0.05) is 36.5 Å². The molecule has 1 aliphatic rings. The Bertz CT molecular complexity index is 517. The zero-order chi connectivity index (χ0) is 15.4. The van der Waals surface area contributed by atoms with E-state index in [2.05, 4.69) is 15.2 Å². The first kappa shape index (κ1) is 15.9. The Kier molecular flexibility index (Phi) is 5.25. The molecule has 0 amide bonds.